The van der Waals surface area contributed by atoms with E-state index in [1.807, 2.05) is 0 Å². The number of thioether (sulfide) groups is 1. The molecular weight excluding hydrogens is 1130 g/mol. The molecule has 8 nitrogen and oxygen atoms in total. The van der Waals surface area contributed by atoms with E-state index in [0.29, 0.717) is 108 Å². The smallest absolute Gasteiger partial charge is 0.442 e. The van der Waals surface area contributed by atoms with Crippen LogP contribution in [0.3, 0.4) is 0 Å². The highest BCUT2D eigenvalue weighted by Gasteiger charge is 2.74. The number of ketones is 1. The van der Waals surface area contributed by atoms with Crippen LogP contribution in [-0.2, 0) is 20.9 Å². The Morgan fingerprint density at radius 3 is 1.08 bits per heavy atom. The molecular formula is C53H34F16O8S2. The Morgan fingerprint density at radius 2 is 0.734 bits per heavy atom. The van der Waals surface area contributed by atoms with Crippen LogP contribution in [-0.4, -0.2) is 61.1 Å². The van der Waals surface area contributed by atoms with Gasteiger partial charge in [-0.2, -0.15) is 78.7 Å². The molecule has 7 rings (SSSR count). The lowest BCUT2D eigenvalue weighted by Crippen LogP contribution is -2.54. The molecule has 1 N–H and O–H groups in total. The number of ether oxygens (including phenoxy) is 4. The second-order valence-electron chi connectivity index (χ2n) is 17.0. The average Bonchev–Trinajstić information content (AvgIpc) is 3.55. The molecule has 0 heterocycles. The van der Waals surface area contributed by atoms with Gasteiger partial charge in [0.15, 0.2) is 5.78 Å². The van der Waals surface area contributed by atoms with Crippen molar-refractivity contribution in [1.29, 1.82) is 0 Å². The highest BCUT2D eigenvalue weighted by atomic mass is 32.2. The van der Waals surface area contributed by atoms with Crippen LogP contribution in [0.25, 0.3) is 0 Å². The predicted octanol–water partition coefficient (Wildman–Crippen LogP) is 16.6. The van der Waals surface area contributed by atoms with E-state index in [9.17, 15) is 57.1 Å². The Morgan fingerprint density at radius 1 is 0.430 bits per heavy atom. The summed E-state index contributed by atoms with van der Waals surface area (Å²) in [6.07, 6.45) is -24.4. The number of hydrogen-bond donors (Lipinski definition) is 1. The molecule has 26 heteroatoms. The first-order valence-electron chi connectivity index (χ1n) is 22.1. The molecule has 0 saturated carbocycles. The summed E-state index contributed by atoms with van der Waals surface area (Å²) in [4.78, 5) is 11.8. The lowest BCUT2D eigenvalue weighted by Gasteiger charge is -2.38. The van der Waals surface area contributed by atoms with Gasteiger partial charge in [0.1, 0.15) is 40.2 Å². The fourth-order valence-electron chi connectivity index (χ4n) is 8.13. The van der Waals surface area contributed by atoms with Gasteiger partial charge in [-0.15, -0.1) is 0 Å². The van der Waals surface area contributed by atoms with Crippen LogP contribution in [0, 0.1) is 6.92 Å². The molecule has 0 amide bonds. The topological polar surface area (TPSA) is 108 Å². The first-order chi connectivity index (χ1) is 36.6. The minimum absolute atomic E-state index is 0.0457. The van der Waals surface area contributed by atoms with Crippen LogP contribution >= 0.6 is 11.8 Å². The molecule has 7 aromatic rings. The van der Waals surface area contributed by atoms with Crippen molar-refractivity contribution in [1.82, 2.24) is 0 Å². The summed E-state index contributed by atoms with van der Waals surface area (Å²) in [6, 6.07) is 22.6. The Hall–Kier alpha value is -7.45. The monoisotopic (exact) mass is 1170 g/mol. The van der Waals surface area contributed by atoms with Gasteiger partial charge >= 0.3 is 45.3 Å². The maximum atomic E-state index is 15.1. The molecule has 79 heavy (non-hydrogen) atoms. The van der Waals surface area contributed by atoms with Crippen molar-refractivity contribution in [3.8, 4) is 40.2 Å². The number of halogens is 16. The van der Waals surface area contributed by atoms with Crippen LogP contribution in [0.4, 0.5) is 70.2 Å². The van der Waals surface area contributed by atoms with E-state index in [4.69, 9.17) is 23.5 Å². The summed E-state index contributed by atoms with van der Waals surface area (Å²) in [6.45, 7) is 1.39. The van der Waals surface area contributed by atoms with Gasteiger partial charge in [-0.05, 0) is 138 Å². The lowest BCUT2D eigenvalue weighted by molar-refractivity contribution is -0.290. The van der Waals surface area contributed by atoms with Gasteiger partial charge in [-0.1, -0.05) is 66.2 Å². The van der Waals surface area contributed by atoms with Crippen molar-refractivity contribution < 1.29 is 107 Å². The van der Waals surface area contributed by atoms with Gasteiger partial charge in [0.2, 0.25) is 10.8 Å². The lowest BCUT2D eigenvalue weighted by atomic mass is 9.72. The first-order valence-corrected chi connectivity index (χ1v) is 24.4. The van der Waals surface area contributed by atoms with E-state index >= 15 is 26.3 Å². The predicted molar refractivity (Wildman–Crippen MR) is 253 cm³/mol. The van der Waals surface area contributed by atoms with Crippen LogP contribution in [0.5, 0.6) is 40.2 Å². The summed E-state index contributed by atoms with van der Waals surface area (Å²) in [5.74, 6) is -3.15. The molecule has 0 atom stereocenters. The second kappa shape index (κ2) is 21.3. The van der Waals surface area contributed by atoms with E-state index in [0.717, 1.165) is 24.3 Å². The zero-order chi connectivity index (χ0) is 58.4. The number of rotatable bonds is 17. The van der Waals surface area contributed by atoms with Crippen LogP contribution < -0.4 is 18.9 Å². The fraction of sp³-hybridized carbons (Fsp3) is 0.189. The van der Waals surface area contributed by atoms with Crippen molar-refractivity contribution in [2.45, 2.75) is 57.9 Å². The van der Waals surface area contributed by atoms with Crippen LogP contribution in [0.1, 0.15) is 43.7 Å². The largest absolute Gasteiger partial charge is 0.497 e. The minimum atomic E-state index is -6.86. The van der Waals surface area contributed by atoms with E-state index < -0.39 is 118 Å². The zero-order valence-corrected chi connectivity index (χ0v) is 41.4. The number of benzene rings is 7. The summed E-state index contributed by atoms with van der Waals surface area (Å²) < 4.78 is 291. The highest BCUT2D eigenvalue weighted by Crippen LogP contribution is 2.59. The number of carbonyl (C=O) groups is 1. The third-order valence-electron chi connectivity index (χ3n) is 12.0. The van der Waals surface area contributed by atoms with E-state index in [1.165, 1.54) is 50.4 Å². The van der Waals surface area contributed by atoms with Crippen LogP contribution in [0.15, 0.2) is 169 Å². The van der Waals surface area contributed by atoms with E-state index in [2.05, 4.69) is 0 Å². The summed E-state index contributed by atoms with van der Waals surface area (Å²) >= 11 is -1.27. The number of carbonyl (C=O) groups excluding carboxylic acids is 1. The first kappa shape index (κ1) is 59.2. The molecule has 0 unspecified atom stereocenters. The number of methoxy groups -OCH3 is 1. The zero-order valence-electron chi connectivity index (χ0n) is 39.8. The van der Waals surface area contributed by atoms with Gasteiger partial charge in [0, 0.05) is 17.2 Å². The average molecular weight is 1170 g/mol. The van der Waals surface area contributed by atoms with E-state index in [-0.39, 0.29) is 22.8 Å². The molecule has 418 valence electrons. The molecule has 0 aliphatic carbocycles. The molecule has 0 saturated heterocycles. The van der Waals surface area contributed by atoms with Crippen molar-refractivity contribution in [3.05, 3.63) is 203 Å². The summed E-state index contributed by atoms with van der Waals surface area (Å²) in [5, 5.41) is -12.0. The van der Waals surface area contributed by atoms with Crippen LogP contribution in [0.2, 0.25) is 0 Å². The maximum Gasteiger partial charge on any atom is 0.442 e. The Balaban J connectivity index is 1.19. The normalized spacial score (nSPS) is 13.2. The molecule has 7 aromatic carbocycles. The molecule has 0 spiro atoms. The van der Waals surface area contributed by atoms with Gasteiger partial charge in [0.05, 0.1) is 12.0 Å². The third kappa shape index (κ3) is 11.4. The molecule has 0 bridgehead atoms. The fourth-order valence-corrected chi connectivity index (χ4v) is 9.61. The maximum absolute atomic E-state index is 15.1. The quantitative estimate of drug-likeness (QED) is 0.0413. The van der Waals surface area contributed by atoms with Gasteiger partial charge in [-0.25, -0.2) is 0 Å². The molecule has 0 aliphatic heterocycles. The molecule has 0 radical (unpaired) electrons. The SMILES string of the molecule is COc1ccc(C(=O)c2ccc(Oc3ccc(C(c4ccc(Oc5ccc(SC(F)(F)C(F)(F)S(=O)(=O)O)c(Oc6ccc(C(c7ccc(C)cc7)(C(F)(F)F)C(F)(F)F)cc6)c5)cc4)(C(F)(F)F)C(F)(F)F)cc3)cc2)cc1. The van der Waals surface area contributed by atoms with Gasteiger partial charge < -0.3 is 18.9 Å². The summed E-state index contributed by atoms with van der Waals surface area (Å²) in [7, 11) is -5.42. The number of alkyl halides is 16. The number of aryl methyl sites for hydroxylation is 1. The Kier molecular flexibility index (Phi) is 16.0. The van der Waals surface area contributed by atoms with Crippen molar-refractivity contribution >= 4 is 27.7 Å². The highest BCUT2D eigenvalue weighted by molar-refractivity contribution is 8.01. The van der Waals surface area contributed by atoms with Gasteiger partial charge in [-0.3, -0.25) is 9.35 Å². The minimum Gasteiger partial charge on any atom is -0.497 e. The Bertz CT molecular complexity index is 3370. The van der Waals surface area contributed by atoms with Crippen molar-refractivity contribution in [3.63, 3.8) is 0 Å². The number of hydrogen-bond acceptors (Lipinski definition) is 8. The summed E-state index contributed by atoms with van der Waals surface area (Å²) in [5.41, 5.74) is -14.1. The van der Waals surface area contributed by atoms with Gasteiger partial charge in [0.25, 0.3) is 0 Å². The third-order valence-corrected chi connectivity index (χ3v) is 14.1. The van der Waals surface area contributed by atoms with Crippen molar-refractivity contribution in [2.75, 3.05) is 7.11 Å². The molecule has 0 aromatic heterocycles. The molecule has 0 aliphatic rings. The standard InChI is InChI=1S/C53H34F16O8S2/c1-30-3-9-33(10-4-30)46(48(54,55)56,49(57,58)59)36-15-25-41(26-16-36)77-43-29-42(27-28-44(43)78-52(66,67)53(68,69)79(71,72)73)76-40-23-13-35(14-24-40)47(50(60,61)62,51(63,64)65)34-11-21-39(22-12-34)75-38-19-7-32(8-20-38)45(70)31-5-17-37(74-2)18-6-31/h3-29H,1-2H3,(H,71,72,73). The van der Waals surface area contributed by atoms with E-state index in [1.54, 1.807) is 12.1 Å². The molecule has 0 fully saturated rings. The second-order valence-corrected chi connectivity index (χ2v) is 19.7. The Labute approximate surface area is 441 Å². The van der Waals surface area contributed by atoms with Crippen molar-refractivity contribution in [2.24, 2.45) is 0 Å².